The third kappa shape index (κ3) is 3.70. The molecule has 6 heteroatoms. The van der Waals surface area contributed by atoms with Gasteiger partial charge in [0.2, 0.25) is 0 Å². The molecule has 0 bridgehead atoms. The fourth-order valence-corrected chi connectivity index (χ4v) is 2.49. The van der Waals surface area contributed by atoms with Gasteiger partial charge in [-0.2, -0.15) is 0 Å². The standard InChI is InChI=1S/C20H16N2O4/c1-26-20(25)14-8-5-9-16(10-14)22-18(23)15-11-17(19(24)21-12-15)13-6-3-2-4-7-13/h2-12H,1H3,(H,21,24)(H,22,23). The van der Waals surface area contributed by atoms with Gasteiger partial charge in [-0.25, -0.2) is 4.79 Å². The molecule has 3 aromatic rings. The molecule has 0 aliphatic rings. The number of hydrogen-bond donors (Lipinski definition) is 2. The van der Waals surface area contributed by atoms with Crippen LogP contribution >= 0.6 is 0 Å². The summed E-state index contributed by atoms with van der Waals surface area (Å²) in [5.41, 5.74) is 1.92. The lowest BCUT2D eigenvalue weighted by molar-refractivity contribution is 0.0600. The SMILES string of the molecule is COC(=O)c1cccc(NC(=O)c2c[nH]c(=O)c(-c3ccccc3)c2)c1. The van der Waals surface area contributed by atoms with Gasteiger partial charge in [0, 0.05) is 17.4 Å². The van der Waals surface area contributed by atoms with Crippen molar-refractivity contribution in [1.29, 1.82) is 0 Å². The second kappa shape index (κ2) is 7.48. The predicted octanol–water partition coefficient (Wildman–Crippen LogP) is 3.08. The quantitative estimate of drug-likeness (QED) is 0.709. The summed E-state index contributed by atoms with van der Waals surface area (Å²) >= 11 is 0. The molecule has 2 N–H and O–H groups in total. The Bertz CT molecular complexity index is 1010. The number of carbonyl (C=O) groups is 2. The molecule has 0 radical (unpaired) electrons. The van der Waals surface area contributed by atoms with E-state index in [-0.39, 0.29) is 5.56 Å². The lowest BCUT2D eigenvalue weighted by Crippen LogP contribution is -2.16. The highest BCUT2D eigenvalue weighted by atomic mass is 16.5. The van der Waals surface area contributed by atoms with Crippen molar-refractivity contribution < 1.29 is 14.3 Å². The van der Waals surface area contributed by atoms with E-state index in [2.05, 4.69) is 15.0 Å². The van der Waals surface area contributed by atoms with E-state index in [1.165, 1.54) is 25.4 Å². The number of aromatic amines is 1. The van der Waals surface area contributed by atoms with Crippen molar-refractivity contribution in [2.45, 2.75) is 0 Å². The number of hydrogen-bond acceptors (Lipinski definition) is 4. The van der Waals surface area contributed by atoms with Crippen molar-refractivity contribution in [2.75, 3.05) is 12.4 Å². The maximum absolute atomic E-state index is 12.5. The van der Waals surface area contributed by atoms with E-state index >= 15 is 0 Å². The van der Waals surface area contributed by atoms with Gasteiger partial charge in [0.25, 0.3) is 11.5 Å². The van der Waals surface area contributed by atoms with E-state index < -0.39 is 11.9 Å². The number of carbonyl (C=O) groups excluding carboxylic acids is 2. The molecule has 0 unspecified atom stereocenters. The fourth-order valence-electron chi connectivity index (χ4n) is 2.49. The zero-order chi connectivity index (χ0) is 18.5. The third-order valence-corrected chi connectivity index (χ3v) is 3.79. The minimum Gasteiger partial charge on any atom is -0.465 e. The van der Waals surface area contributed by atoms with E-state index in [9.17, 15) is 14.4 Å². The number of amides is 1. The lowest BCUT2D eigenvalue weighted by Gasteiger charge is -2.08. The molecule has 0 spiro atoms. The number of anilines is 1. The van der Waals surface area contributed by atoms with Gasteiger partial charge in [0.1, 0.15) is 0 Å². The van der Waals surface area contributed by atoms with Gasteiger partial charge >= 0.3 is 5.97 Å². The summed E-state index contributed by atoms with van der Waals surface area (Å²) in [6.07, 6.45) is 1.36. The summed E-state index contributed by atoms with van der Waals surface area (Å²) < 4.78 is 4.67. The lowest BCUT2D eigenvalue weighted by atomic mass is 10.1. The molecule has 0 fully saturated rings. The first-order chi connectivity index (χ1) is 12.6. The highest BCUT2D eigenvalue weighted by Gasteiger charge is 2.12. The normalized spacial score (nSPS) is 10.2. The molecule has 0 aliphatic carbocycles. The van der Waals surface area contributed by atoms with Crippen molar-refractivity contribution in [3.8, 4) is 11.1 Å². The van der Waals surface area contributed by atoms with E-state index in [0.717, 1.165) is 5.56 Å². The van der Waals surface area contributed by atoms with Crippen molar-refractivity contribution in [1.82, 2.24) is 4.98 Å². The van der Waals surface area contributed by atoms with Gasteiger partial charge in [-0.3, -0.25) is 9.59 Å². The van der Waals surface area contributed by atoms with E-state index in [4.69, 9.17) is 0 Å². The fraction of sp³-hybridized carbons (Fsp3) is 0.0500. The Balaban J connectivity index is 1.87. The van der Waals surface area contributed by atoms with Crippen molar-refractivity contribution in [3.63, 3.8) is 0 Å². The summed E-state index contributed by atoms with van der Waals surface area (Å²) in [7, 11) is 1.29. The minimum atomic E-state index is -0.489. The molecule has 1 amide bonds. The molecule has 2 aromatic carbocycles. The van der Waals surface area contributed by atoms with Crippen LogP contribution in [0.25, 0.3) is 11.1 Å². The minimum absolute atomic E-state index is 0.277. The zero-order valence-electron chi connectivity index (χ0n) is 14.0. The number of methoxy groups -OCH3 is 1. The molecule has 0 saturated heterocycles. The van der Waals surface area contributed by atoms with E-state index in [1.54, 1.807) is 30.3 Å². The third-order valence-electron chi connectivity index (χ3n) is 3.79. The van der Waals surface area contributed by atoms with Crippen molar-refractivity contribution in [3.05, 3.63) is 88.3 Å². The highest BCUT2D eigenvalue weighted by molar-refractivity contribution is 6.05. The van der Waals surface area contributed by atoms with Crippen LogP contribution in [0.1, 0.15) is 20.7 Å². The average molecular weight is 348 g/mol. The molecule has 130 valence electrons. The molecule has 26 heavy (non-hydrogen) atoms. The number of esters is 1. The number of nitrogens with one attached hydrogen (secondary N) is 2. The molecular formula is C20H16N2O4. The molecule has 3 rings (SSSR count). The van der Waals surface area contributed by atoms with Gasteiger partial charge < -0.3 is 15.0 Å². The summed E-state index contributed by atoms with van der Waals surface area (Å²) in [5, 5.41) is 2.71. The van der Waals surface area contributed by atoms with Crippen LogP contribution in [0, 0.1) is 0 Å². The highest BCUT2D eigenvalue weighted by Crippen LogP contribution is 2.17. The Hall–Kier alpha value is -3.67. The average Bonchev–Trinajstić information content (AvgIpc) is 2.68. The Kier molecular flexibility index (Phi) is 4.94. The molecule has 1 aromatic heterocycles. The van der Waals surface area contributed by atoms with Crippen LogP contribution in [0.5, 0.6) is 0 Å². The Morgan fingerprint density at radius 3 is 2.46 bits per heavy atom. The van der Waals surface area contributed by atoms with Gasteiger partial charge in [0.15, 0.2) is 0 Å². The van der Waals surface area contributed by atoms with Crippen LogP contribution < -0.4 is 10.9 Å². The number of pyridine rings is 1. The van der Waals surface area contributed by atoms with Gasteiger partial charge in [-0.15, -0.1) is 0 Å². The van der Waals surface area contributed by atoms with E-state index in [0.29, 0.717) is 22.4 Å². The Morgan fingerprint density at radius 1 is 0.962 bits per heavy atom. The topological polar surface area (TPSA) is 88.3 Å². The number of ether oxygens (including phenoxy) is 1. The first kappa shape index (κ1) is 17.2. The van der Waals surface area contributed by atoms with Gasteiger partial charge in [-0.1, -0.05) is 36.4 Å². The molecule has 6 nitrogen and oxygen atoms in total. The van der Waals surface area contributed by atoms with Crippen LogP contribution in [0.2, 0.25) is 0 Å². The van der Waals surface area contributed by atoms with E-state index in [1.807, 2.05) is 18.2 Å². The maximum Gasteiger partial charge on any atom is 0.337 e. The smallest absolute Gasteiger partial charge is 0.337 e. The van der Waals surface area contributed by atoms with Crippen LogP contribution in [-0.4, -0.2) is 24.0 Å². The van der Waals surface area contributed by atoms with Crippen LogP contribution in [0.3, 0.4) is 0 Å². The maximum atomic E-state index is 12.5. The summed E-state index contributed by atoms with van der Waals surface area (Å²) in [6, 6.07) is 17.0. The number of H-pyrrole nitrogens is 1. The molecule has 0 saturated carbocycles. The monoisotopic (exact) mass is 348 g/mol. The summed E-state index contributed by atoms with van der Waals surface area (Å²) in [6.45, 7) is 0. The van der Waals surface area contributed by atoms with Crippen molar-refractivity contribution >= 4 is 17.6 Å². The van der Waals surface area contributed by atoms with Crippen molar-refractivity contribution in [2.24, 2.45) is 0 Å². The summed E-state index contributed by atoms with van der Waals surface area (Å²) in [4.78, 5) is 38.7. The second-order valence-corrected chi connectivity index (χ2v) is 5.52. The first-order valence-electron chi connectivity index (χ1n) is 7.86. The van der Waals surface area contributed by atoms with Crippen LogP contribution in [0.15, 0.2) is 71.7 Å². The molecule has 0 aliphatic heterocycles. The molecule has 0 atom stereocenters. The van der Waals surface area contributed by atoms with Crippen LogP contribution in [0.4, 0.5) is 5.69 Å². The summed E-state index contributed by atoms with van der Waals surface area (Å²) in [5.74, 6) is -0.892. The largest absolute Gasteiger partial charge is 0.465 e. The molecule has 1 heterocycles. The predicted molar refractivity (Wildman–Crippen MR) is 98.2 cm³/mol. The first-order valence-corrected chi connectivity index (χ1v) is 7.86. The number of aromatic nitrogens is 1. The second-order valence-electron chi connectivity index (χ2n) is 5.52. The Labute approximate surface area is 149 Å². The number of benzene rings is 2. The van der Waals surface area contributed by atoms with Gasteiger partial charge in [-0.05, 0) is 29.8 Å². The number of rotatable bonds is 4. The van der Waals surface area contributed by atoms with Gasteiger partial charge in [0.05, 0.1) is 18.2 Å². The molecular weight excluding hydrogens is 332 g/mol. The van der Waals surface area contributed by atoms with Crippen LogP contribution in [-0.2, 0) is 4.74 Å². The Morgan fingerprint density at radius 2 is 1.73 bits per heavy atom. The zero-order valence-corrected chi connectivity index (χ0v) is 14.0.